The highest BCUT2D eigenvalue weighted by Gasteiger charge is 2.24. The zero-order valence-corrected chi connectivity index (χ0v) is 18.6. The standard InChI is InChI=1S/C24H23FN6O3/c1-17-6-8-18(9-7-17)34-23-22-27-31(24(33)30(22)11-10-26-23)16-21(32)29-14-12-28(13-15-29)20-5-3-2-4-19(20)25/h2-11H,12-16H2,1H3. The molecular formula is C24H23FN6O3. The Morgan fingerprint density at radius 2 is 1.79 bits per heavy atom. The maximum atomic E-state index is 14.1. The first-order valence-electron chi connectivity index (χ1n) is 11.0. The summed E-state index contributed by atoms with van der Waals surface area (Å²) in [7, 11) is 0. The summed E-state index contributed by atoms with van der Waals surface area (Å²) in [6.45, 7) is 3.64. The SMILES string of the molecule is Cc1ccc(Oc2nccn3c(=O)n(CC(=O)N4CCN(c5ccccc5F)CC4)nc23)cc1. The highest BCUT2D eigenvalue weighted by molar-refractivity contribution is 5.76. The lowest BCUT2D eigenvalue weighted by Gasteiger charge is -2.36. The van der Waals surface area contributed by atoms with Gasteiger partial charge in [0.1, 0.15) is 18.1 Å². The van der Waals surface area contributed by atoms with Crippen molar-refractivity contribution in [3.63, 3.8) is 0 Å². The summed E-state index contributed by atoms with van der Waals surface area (Å²) < 4.78 is 22.3. The normalized spacial score (nSPS) is 13.9. The molecule has 0 unspecified atom stereocenters. The molecule has 34 heavy (non-hydrogen) atoms. The third-order valence-corrected chi connectivity index (χ3v) is 5.82. The number of piperazine rings is 1. The topological polar surface area (TPSA) is 85.0 Å². The number of para-hydroxylation sites is 1. The molecule has 2 aromatic heterocycles. The largest absolute Gasteiger partial charge is 0.436 e. The fraction of sp³-hybridized carbons (Fsp3) is 0.250. The van der Waals surface area contributed by atoms with Crippen molar-refractivity contribution in [2.24, 2.45) is 0 Å². The Bertz CT molecular complexity index is 1390. The number of ether oxygens (including phenoxy) is 1. The maximum Gasteiger partial charge on any atom is 0.351 e. The van der Waals surface area contributed by atoms with Crippen LogP contribution in [0, 0.1) is 12.7 Å². The van der Waals surface area contributed by atoms with Crippen molar-refractivity contribution in [2.45, 2.75) is 13.5 Å². The van der Waals surface area contributed by atoms with Crippen LogP contribution >= 0.6 is 0 Å². The Morgan fingerprint density at radius 1 is 1.06 bits per heavy atom. The van der Waals surface area contributed by atoms with Crippen molar-refractivity contribution in [3.8, 4) is 11.6 Å². The van der Waals surface area contributed by atoms with Gasteiger partial charge in [-0.2, -0.15) is 0 Å². The molecule has 0 radical (unpaired) electrons. The van der Waals surface area contributed by atoms with Gasteiger partial charge in [0.15, 0.2) is 0 Å². The smallest absolute Gasteiger partial charge is 0.351 e. The van der Waals surface area contributed by atoms with Gasteiger partial charge >= 0.3 is 5.69 Å². The van der Waals surface area contributed by atoms with Crippen LogP contribution in [0.1, 0.15) is 5.56 Å². The van der Waals surface area contributed by atoms with Crippen LogP contribution in [0.4, 0.5) is 10.1 Å². The van der Waals surface area contributed by atoms with Crippen LogP contribution < -0.4 is 15.3 Å². The molecule has 2 aromatic carbocycles. The molecule has 1 amide bonds. The van der Waals surface area contributed by atoms with Crippen LogP contribution in [0.5, 0.6) is 11.6 Å². The minimum Gasteiger partial charge on any atom is -0.436 e. The highest BCUT2D eigenvalue weighted by Crippen LogP contribution is 2.23. The van der Waals surface area contributed by atoms with E-state index in [9.17, 15) is 14.0 Å². The summed E-state index contributed by atoms with van der Waals surface area (Å²) in [5.41, 5.74) is 1.39. The van der Waals surface area contributed by atoms with Crippen LogP contribution in [0.15, 0.2) is 65.7 Å². The van der Waals surface area contributed by atoms with E-state index in [1.54, 1.807) is 35.2 Å². The van der Waals surface area contributed by atoms with Crippen LogP contribution in [0.3, 0.4) is 0 Å². The van der Waals surface area contributed by atoms with E-state index < -0.39 is 5.69 Å². The molecule has 3 heterocycles. The number of nitrogens with zero attached hydrogens (tertiary/aromatic N) is 6. The summed E-state index contributed by atoms with van der Waals surface area (Å²) in [5.74, 6) is 0.230. The Balaban J connectivity index is 1.30. The maximum absolute atomic E-state index is 14.1. The van der Waals surface area contributed by atoms with E-state index in [2.05, 4.69) is 10.1 Å². The highest BCUT2D eigenvalue weighted by atomic mass is 19.1. The molecule has 9 nitrogen and oxygen atoms in total. The average molecular weight is 462 g/mol. The first-order chi connectivity index (χ1) is 16.5. The van der Waals surface area contributed by atoms with Crippen LogP contribution in [-0.4, -0.2) is 56.2 Å². The van der Waals surface area contributed by atoms with E-state index >= 15 is 0 Å². The van der Waals surface area contributed by atoms with Gasteiger partial charge in [-0.1, -0.05) is 29.8 Å². The predicted octanol–water partition coefficient (Wildman–Crippen LogP) is 2.48. The van der Waals surface area contributed by atoms with Crippen molar-refractivity contribution >= 4 is 17.2 Å². The van der Waals surface area contributed by atoms with Crippen molar-refractivity contribution < 1.29 is 13.9 Å². The van der Waals surface area contributed by atoms with E-state index in [0.717, 1.165) is 10.2 Å². The molecule has 0 bridgehead atoms. The third-order valence-electron chi connectivity index (χ3n) is 5.82. The molecule has 10 heteroatoms. The van der Waals surface area contributed by atoms with Crippen LogP contribution in [-0.2, 0) is 11.3 Å². The Kier molecular flexibility index (Phi) is 5.70. The number of hydrogen-bond donors (Lipinski definition) is 0. The van der Waals surface area contributed by atoms with Gasteiger partial charge in [-0.15, -0.1) is 5.10 Å². The number of carbonyl (C=O) groups excluding carboxylic acids is 1. The quantitative estimate of drug-likeness (QED) is 0.453. The molecule has 0 aliphatic carbocycles. The fourth-order valence-electron chi connectivity index (χ4n) is 3.95. The van der Waals surface area contributed by atoms with Gasteiger partial charge < -0.3 is 14.5 Å². The number of fused-ring (bicyclic) bond motifs is 1. The Morgan fingerprint density at radius 3 is 2.53 bits per heavy atom. The molecule has 1 aliphatic rings. The second-order valence-electron chi connectivity index (χ2n) is 8.10. The monoisotopic (exact) mass is 462 g/mol. The van der Waals surface area contributed by atoms with Gasteiger partial charge in [0.25, 0.3) is 5.88 Å². The number of carbonyl (C=O) groups is 1. The molecule has 1 saturated heterocycles. The second kappa shape index (κ2) is 8.97. The lowest BCUT2D eigenvalue weighted by Crippen LogP contribution is -2.50. The number of aromatic nitrogens is 4. The van der Waals surface area contributed by atoms with Gasteiger partial charge in [-0.05, 0) is 31.2 Å². The van der Waals surface area contributed by atoms with E-state index in [4.69, 9.17) is 4.74 Å². The van der Waals surface area contributed by atoms with Crippen molar-refractivity contribution in [1.82, 2.24) is 24.1 Å². The molecule has 0 atom stereocenters. The second-order valence-corrected chi connectivity index (χ2v) is 8.10. The number of aryl methyl sites for hydroxylation is 1. The number of hydrogen-bond acceptors (Lipinski definition) is 6. The summed E-state index contributed by atoms with van der Waals surface area (Å²) >= 11 is 0. The van der Waals surface area contributed by atoms with Gasteiger partial charge in [-0.3, -0.25) is 4.79 Å². The summed E-state index contributed by atoms with van der Waals surface area (Å²) in [6.07, 6.45) is 2.94. The number of amides is 1. The molecule has 4 aromatic rings. The number of benzene rings is 2. The van der Waals surface area contributed by atoms with Gasteiger partial charge in [-0.25, -0.2) is 23.3 Å². The Labute approximate surface area is 194 Å². The van der Waals surface area contributed by atoms with Crippen molar-refractivity contribution in [1.29, 1.82) is 0 Å². The zero-order chi connectivity index (χ0) is 23.7. The van der Waals surface area contributed by atoms with E-state index in [1.807, 2.05) is 24.0 Å². The van der Waals surface area contributed by atoms with Crippen molar-refractivity contribution in [2.75, 3.05) is 31.1 Å². The van der Waals surface area contributed by atoms with Crippen LogP contribution in [0.25, 0.3) is 5.65 Å². The van der Waals surface area contributed by atoms with Crippen LogP contribution in [0.2, 0.25) is 0 Å². The van der Waals surface area contributed by atoms with E-state index in [1.165, 1.54) is 22.9 Å². The Hall–Kier alpha value is -4.21. The van der Waals surface area contributed by atoms with E-state index in [0.29, 0.717) is 37.6 Å². The summed E-state index contributed by atoms with van der Waals surface area (Å²) in [4.78, 5) is 33.5. The minimum atomic E-state index is -0.454. The summed E-state index contributed by atoms with van der Waals surface area (Å²) in [6, 6.07) is 14.0. The average Bonchev–Trinajstić information content (AvgIpc) is 3.17. The third kappa shape index (κ3) is 4.21. The molecule has 0 spiro atoms. The first kappa shape index (κ1) is 21.6. The lowest BCUT2D eigenvalue weighted by atomic mass is 10.2. The molecule has 174 valence electrons. The fourth-order valence-corrected chi connectivity index (χ4v) is 3.95. The molecular weight excluding hydrogens is 439 g/mol. The number of rotatable bonds is 5. The lowest BCUT2D eigenvalue weighted by molar-refractivity contribution is -0.132. The summed E-state index contributed by atoms with van der Waals surface area (Å²) in [5, 5.41) is 4.31. The molecule has 5 rings (SSSR count). The zero-order valence-electron chi connectivity index (χ0n) is 18.6. The number of anilines is 1. The van der Waals surface area contributed by atoms with Gasteiger partial charge in [0, 0.05) is 38.6 Å². The molecule has 0 saturated carbocycles. The molecule has 1 aliphatic heterocycles. The predicted molar refractivity (Wildman–Crippen MR) is 124 cm³/mol. The molecule has 0 N–H and O–H groups in total. The minimum absolute atomic E-state index is 0.174. The number of halogens is 1. The molecule has 1 fully saturated rings. The van der Waals surface area contributed by atoms with Gasteiger partial charge in [0.05, 0.1) is 5.69 Å². The van der Waals surface area contributed by atoms with E-state index in [-0.39, 0.29) is 29.8 Å². The first-order valence-corrected chi connectivity index (χ1v) is 11.0. The van der Waals surface area contributed by atoms with Gasteiger partial charge in [0.2, 0.25) is 11.6 Å². The van der Waals surface area contributed by atoms with Crippen molar-refractivity contribution in [3.05, 3.63) is 82.8 Å².